The molecule has 0 N–H and O–H groups in total. The number of aryl methyl sites for hydroxylation is 3. The standard InChI is InChI=1S/C17H25N7O2S/c1-12-16(27-11-18-12)8-22-5-14-6-23(15(7-22)10-26-9-14)17(25)3-4-24-13(2)19-20-21-24/h11,14-15H,3-10H2,1-2H3/t14-,15-/m0/s1. The molecular formula is C17H25N7O2S. The first-order valence-electron chi connectivity index (χ1n) is 9.31. The molecule has 2 saturated heterocycles. The molecule has 2 aromatic heterocycles. The number of carbonyl (C=O) groups is 1. The average molecular weight is 392 g/mol. The molecule has 0 saturated carbocycles. The fraction of sp³-hybridized carbons (Fsp3) is 0.706. The number of tetrazole rings is 1. The van der Waals surface area contributed by atoms with Crippen molar-refractivity contribution in [1.82, 2.24) is 35.0 Å². The summed E-state index contributed by atoms with van der Waals surface area (Å²) in [5, 5.41) is 11.4. The third kappa shape index (κ3) is 4.17. The summed E-state index contributed by atoms with van der Waals surface area (Å²) in [7, 11) is 0. The van der Waals surface area contributed by atoms with Crippen molar-refractivity contribution in [3.8, 4) is 0 Å². The second-order valence-corrected chi connectivity index (χ2v) is 8.30. The third-order valence-electron chi connectivity index (χ3n) is 5.33. The SMILES string of the molecule is Cc1ncsc1CN1C[C@@H]2COC[C@H](C1)N(C(=O)CCn1nnnc1C)C2. The van der Waals surface area contributed by atoms with E-state index in [2.05, 4.69) is 32.3 Å². The van der Waals surface area contributed by atoms with Gasteiger partial charge in [0.1, 0.15) is 5.82 Å². The summed E-state index contributed by atoms with van der Waals surface area (Å²) in [6, 6.07) is 0.0909. The lowest BCUT2D eigenvalue weighted by Gasteiger charge is -2.31. The molecule has 146 valence electrons. The maximum atomic E-state index is 12.9. The summed E-state index contributed by atoms with van der Waals surface area (Å²) < 4.78 is 7.53. The van der Waals surface area contributed by atoms with E-state index >= 15 is 0 Å². The number of amides is 1. The van der Waals surface area contributed by atoms with Gasteiger partial charge < -0.3 is 9.64 Å². The number of ether oxygens (including phenoxy) is 1. The summed E-state index contributed by atoms with van der Waals surface area (Å²) in [5.41, 5.74) is 3.01. The van der Waals surface area contributed by atoms with Crippen molar-refractivity contribution < 1.29 is 9.53 Å². The summed E-state index contributed by atoms with van der Waals surface area (Å²) in [6.07, 6.45) is 0.406. The summed E-state index contributed by atoms with van der Waals surface area (Å²) >= 11 is 1.71. The van der Waals surface area contributed by atoms with Crippen LogP contribution in [-0.2, 0) is 22.6 Å². The van der Waals surface area contributed by atoms with E-state index in [1.165, 1.54) is 4.88 Å². The Kier molecular flexibility index (Phi) is 5.46. The van der Waals surface area contributed by atoms with Crippen molar-refractivity contribution in [3.63, 3.8) is 0 Å². The van der Waals surface area contributed by atoms with Crippen molar-refractivity contribution in [1.29, 1.82) is 0 Å². The molecule has 9 nitrogen and oxygen atoms in total. The van der Waals surface area contributed by atoms with Gasteiger partial charge in [-0.15, -0.1) is 16.4 Å². The molecule has 0 radical (unpaired) electrons. The Morgan fingerprint density at radius 3 is 2.93 bits per heavy atom. The molecule has 2 bridgehead atoms. The average Bonchev–Trinajstić information content (AvgIpc) is 3.10. The largest absolute Gasteiger partial charge is 0.379 e. The number of rotatable bonds is 5. The van der Waals surface area contributed by atoms with E-state index in [9.17, 15) is 4.79 Å². The molecule has 27 heavy (non-hydrogen) atoms. The highest BCUT2D eigenvalue weighted by Gasteiger charge is 2.35. The van der Waals surface area contributed by atoms with Gasteiger partial charge in [0.05, 0.1) is 37.0 Å². The minimum absolute atomic E-state index is 0.0909. The molecule has 2 fully saturated rings. The molecule has 4 rings (SSSR count). The predicted molar refractivity (Wildman–Crippen MR) is 99.1 cm³/mol. The van der Waals surface area contributed by atoms with Crippen molar-refractivity contribution in [2.45, 2.75) is 39.4 Å². The quantitative estimate of drug-likeness (QED) is 0.733. The van der Waals surface area contributed by atoms with E-state index in [1.54, 1.807) is 16.0 Å². The minimum Gasteiger partial charge on any atom is -0.379 e. The maximum Gasteiger partial charge on any atom is 0.224 e. The molecule has 0 unspecified atom stereocenters. The second kappa shape index (κ2) is 7.99. The van der Waals surface area contributed by atoms with Gasteiger partial charge in [-0.25, -0.2) is 9.67 Å². The lowest BCUT2D eigenvalue weighted by molar-refractivity contribution is -0.134. The van der Waals surface area contributed by atoms with Gasteiger partial charge >= 0.3 is 0 Å². The molecule has 2 aliphatic rings. The highest BCUT2D eigenvalue weighted by molar-refractivity contribution is 7.09. The van der Waals surface area contributed by atoms with Crippen LogP contribution in [0.5, 0.6) is 0 Å². The van der Waals surface area contributed by atoms with E-state index in [0.717, 1.165) is 37.7 Å². The fourth-order valence-electron chi connectivity index (χ4n) is 3.86. The summed E-state index contributed by atoms with van der Waals surface area (Å²) in [5.74, 6) is 1.22. The molecule has 0 spiro atoms. The zero-order valence-corrected chi connectivity index (χ0v) is 16.6. The zero-order valence-electron chi connectivity index (χ0n) is 15.7. The normalized spacial score (nSPS) is 23.4. The Morgan fingerprint density at radius 2 is 2.19 bits per heavy atom. The molecule has 10 heteroatoms. The minimum atomic E-state index is 0.0909. The van der Waals surface area contributed by atoms with Crippen LogP contribution in [0.4, 0.5) is 0 Å². The first-order chi connectivity index (χ1) is 13.1. The molecule has 2 aromatic rings. The Hall–Kier alpha value is -1.91. The number of hydrogen-bond donors (Lipinski definition) is 0. The monoisotopic (exact) mass is 391 g/mol. The van der Waals surface area contributed by atoms with Gasteiger partial charge in [0, 0.05) is 43.4 Å². The van der Waals surface area contributed by atoms with Crippen LogP contribution in [0.25, 0.3) is 0 Å². The van der Waals surface area contributed by atoms with Crippen LogP contribution in [0.1, 0.15) is 22.8 Å². The van der Waals surface area contributed by atoms with Gasteiger partial charge in [-0.05, 0) is 24.3 Å². The number of nitrogens with zero attached hydrogens (tertiary/aromatic N) is 7. The van der Waals surface area contributed by atoms with Gasteiger partial charge in [-0.3, -0.25) is 9.69 Å². The van der Waals surface area contributed by atoms with Crippen molar-refractivity contribution >= 4 is 17.2 Å². The molecule has 2 atom stereocenters. The van der Waals surface area contributed by atoms with E-state index < -0.39 is 0 Å². The Morgan fingerprint density at radius 1 is 1.30 bits per heavy atom. The van der Waals surface area contributed by atoms with E-state index in [0.29, 0.717) is 32.1 Å². The van der Waals surface area contributed by atoms with Crippen molar-refractivity contribution in [2.24, 2.45) is 5.92 Å². The highest BCUT2D eigenvalue weighted by atomic mass is 32.1. The molecule has 4 heterocycles. The van der Waals surface area contributed by atoms with Crippen molar-refractivity contribution in [3.05, 3.63) is 21.9 Å². The van der Waals surface area contributed by atoms with E-state index in [1.807, 2.05) is 17.3 Å². The fourth-order valence-corrected chi connectivity index (χ4v) is 4.68. The van der Waals surface area contributed by atoms with Crippen LogP contribution < -0.4 is 0 Å². The topological polar surface area (TPSA) is 89.3 Å². The number of thiazole rings is 1. The Balaban J connectivity index is 1.42. The van der Waals surface area contributed by atoms with Gasteiger partial charge in [-0.2, -0.15) is 0 Å². The zero-order chi connectivity index (χ0) is 18.8. The number of fused-ring (bicyclic) bond motifs is 3. The first-order valence-corrected chi connectivity index (χ1v) is 10.2. The molecular weight excluding hydrogens is 366 g/mol. The highest BCUT2D eigenvalue weighted by Crippen LogP contribution is 2.24. The van der Waals surface area contributed by atoms with E-state index in [4.69, 9.17) is 4.74 Å². The summed E-state index contributed by atoms with van der Waals surface area (Å²) in [6.45, 7) is 9.17. The first kappa shape index (κ1) is 18.5. The number of carbonyl (C=O) groups excluding carboxylic acids is 1. The van der Waals surface area contributed by atoms with E-state index in [-0.39, 0.29) is 11.9 Å². The number of aromatic nitrogens is 5. The smallest absolute Gasteiger partial charge is 0.224 e. The van der Waals surface area contributed by atoms with Crippen LogP contribution in [-0.4, -0.2) is 79.8 Å². The summed E-state index contributed by atoms with van der Waals surface area (Å²) in [4.78, 5) is 23.1. The second-order valence-electron chi connectivity index (χ2n) is 7.36. The molecule has 0 aliphatic carbocycles. The van der Waals surface area contributed by atoms with Crippen LogP contribution in [0.2, 0.25) is 0 Å². The Bertz CT molecular complexity index is 792. The van der Waals surface area contributed by atoms with Gasteiger partial charge in [0.15, 0.2) is 0 Å². The van der Waals surface area contributed by atoms with Crippen molar-refractivity contribution in [2.75, 3.05) is 32.8 Å². The predicted octanol–water partition coefficient (Wildman–Crippen LogP) is 0.496. The maximum absolute atomic E-state index is 12.9. The van der Waals surface area contributed by atoms with Gasteiger partial charge in [0.25, 0.3) is 0 Å². The van der Waals surface area contributed by atoms with Crippen LogP contribution in [0.15, 0.2) is 5.51 Å². The lowest BCUT2D eigenvalue weighted by atomic mass is 10.1. The molecule has 1 amide bonds. The lowest BCUT2D eigenvalue weighted by Crippen LogP contribution is -2.46. The van der Waals surface area contributed by atoms with Gasteiger partial charge in [-0.1, -0.05) is 0 Å². The van der Waals surface area contributed by atoms with Crippen LogP contribution in [0.3, 0.4) is 0 Å². The van der Waals surface area contributed by atoms with Crippen LogP contribution >= 0.6 is 11.3 Å². The number of hydrogen-bond acceptors (Lipinski definition) is 8. The Labute approximate surface area is 162 Å². The third-order valence-corrected chi connectivity index (χ3v) is 6.25. The van der Waals surface area contributed by atoms with Crippen LogP contribution in [0, 0.1) is 19.8 Å². The molecule has 2 aliphatic heterocycles. The van der Waals surface area contributed by atoms with Gasteiger partial charge in [0.2, 0.25) is 5.91 Å². The molecule has 0 aromatic carbocycles.